The summed E-state index contributed by atoms with van der Waals surface area (Å²) in [4.78, 5) is 0. The predicted octanol–water partition coefficient (Wildman–Crippen LogP) is 4.53. The van der Waals surface area contributed by atoms with Crippen molar-refractivity contribution in [2.45, 2.75) is 19.0 Å². The summed E-state index contributed by atoms with van der Waals surface area (Å²) in [5.74, 6) is -0.822. The van der Waals surface area contributed by atoms with Crippen LogP contribution in [-0.4, -0.2) is 16.1 Å². The van der Waals surface area contributed by atoms with Gasteiger partial charge >= 0.3 is 6.18 Å². The van der Waals surface area contributed by atoms with E-state index in [1.807, 2.05) is 0 Å². The highest BCUT2D eigenvalue weighted by Gasteiger charge is 2.34. The van der Waals surface area contributed by atoms with Gasteiger partial charge in [0.05, 0.1) is 5.56 Å². The third-order valence-corrected chi connectivity index (χ3v) is 3.81. The second-order valence-corrected chi connectivity index (χ2v) is 5.43. The number of nitrogens with zero attached hydrogens (tertiary/aromatic N) is 2. The van der Waals surface area contributed by atoms with Crippen molar-refractivity contribution in [2.75, 3.05) is 5.88 Å². The SMILES string of the molecule is Fc1ccc(-c2nnc(CCCCl)s2)cc1C(F)(F)F. The minimum Gasteiger partial charge on any atom is -0.206 e. The third-order valence-electron chi connectivity index (χ3n) is 2.51. The van der Waals surface area contributed by atoms with E-state index in [4.69, 9.17) is 11.6 Å². The average Bonchev–Trinajstić information content (AvgIpc) is 2.84. The van der Waals surface area contributed by atoms with Gasteiger partial charge in [-0.25, -0.2) is 4.39 Å². The molecule has 0 fully saturated rings. The molecule has 0 amide bonds. The fourth-order valence-corrected chi connectivity index (χ4v) is 2.58. The molecule has 0 aliphatic rings. The minimum absolute atomic E-state index is 0.202. The van der Waals surface area contributed by atoms with E-state index in [9.17, 15) is 17.6 Å². The molecule has 1 aromatic heterocycles. The van der Waals surface area contributed by atoms with Crippen LogP contribution in [0.25, 0.3) is 10.6 Å². The fraction of sp³-hybridized carbons (Fsp3) is 0.333. The van der Waals surface area contributed by atoms with Gasteiger partial charge in [0.2, 0.25) is 0 Å². The Morgan fingerprint density at radius 2 is 1.95 bits per heavy atom. The number of benzene rings is 1. The van der Waals surface area contributed by atoms with Crippen LogP contribution in [0.15, 0.2) is 18.2 Å². The number of aromatic nitrogens is 2. The van der Waals surface area contributed by atoms with Crippen molar-refractivity contribution in [1.82, 2.24) is 10.2 Å². The largest absolute Gasteiger partial charge is 0.419 e. The summed E-state index contributed by atoms with van der Waals surface area (Å²) in [6.07, 6.45) is -3.39. The minimum atomic E-state index is -4.73. The van der Waals surface area contributed by atoms with E-state index in [1.165, 1.54) is 17.4 Å². The summed E-state index contributed by atoms with van der Waals surface area (Å²) >= 11 is 6.73. The molecule has 0 radical (unpaired) electrons. The first-order valence-corrected chi connectivity index (χ1v) is 7.02. The molecule has 2 nitrogen and oxygen atoms in total. The van der Waals surface area contributed by atoms with E-state index in [2.05, 4.69) is 10.2 Å². The molecule has 0 atom stereocenters. The summed E-state index contributed by atoms with van der Waals surface area (Å²) in [6, 6.07) is 2.80. The van der Waals surface area contributed by atoms with Crippen LogP contribution >= 0.6 is 22.9 Å². The van der Waals surface area contributed by atoms with E-state index in [0.29, 0.717) is 28.7 Å². The van der Waals surface area contributed by atoms with Gasteiger partial charge in [0.15, 0.2) is 0 Å². The number of hydrogen-bond acceptors (Lipinski definition) is 3. The standard InChI is InChI=1S/C12H9ClF4N2S/c13-5-1-2-10-18-19-11(20-10)7-3-4-9(14)8(6-7)12(15,16)17/h3-4,6H,1-2,5H2. The van der Waals surface area contributed by atoms with Crippen LogP contribution in [0.2, 0.25) is 0 Å². The lowest BCUT2D eigenvalue weighted by atomic mass is 10.1. The van der Waals surface area contributed by atoms with Gasteiger partial charge in [0.25, 0.3) is 0 Å². The van der Waals surface area contributed by atoms with Gasteiger partial charge in [0, 0.05) is 17.9 Å². The Labute approximate surface area is 121 Å². The third kappa shape index (κ3) is 3.46. The van der Waals surface area contributed by atoms with Crippen LogP contribution in [0.4, 0.5) is 17.6 Å². The fourth-order valence-electron chi connectivity index (χ4n) is 1.56. The highest BCUT2D eigenvalue weighted by atomic mass is 35.5. The highest BCUT2D eigenvalue weighted by molar-refractivity contribution is 7.14. The Hall–Kier alpha value is -1.21. The second kappa shape index (κ2) is 6.05. The average molecular weight is 325 g/mol. The lowest BCUT2D eigenvalue weighted by Crippen LogP contribution is -2.08. The molecule has 108 valence electrons. The van der Waals surface area contributed by atoms with Crippen molar-refractivity contribution in [1.29, 1.82) is 0 Å². The second-order valence-electron chi connectivity index (χ2n) is 3.99. The summed E-state index contributed by atoms with van der Waals surface area (Å²) in [6.45, 7) is 0. The maximum Gasteiger partial charge on any atom is 0.419 e. The molecule has 0 aliphatic carbocycles. The summed E-state index contributed by atoms with van der Waals surface area (Å²) in [5, 5.41) is 8.73. The lowest BCUT2D eigenvalue weighted by molar-refractivity contribution is -0.139. The normalized spacial score (nSPS) is 11.8. The summed E-state index contributed by atoms with van der Waals surface area (Å²) in [7, 11) is 0. The molecule has 0 aliphatic heterocycles. The molecule has 0 saturated heterocycles. The van der Waals surface area contributed by atoms with Crippen LogP contribution < -0.4 is 0 Å². The van der Waals surface area contributed by atoms with Crippen LogP contribution in [0, 0.1) is 5.82 Å². The lowest BCUT2D eigenvalue weighted by Gasteiger charge is -2.08. The first-order chi connectivity index (χ1) is 9.41. The van der Waals surface area contributed by atoms with Gasteiger partial charge in [-0.05, 0) is 24.6 Å². The first kappa shape index (κ1) is 15.2. The van der Waals surface area contributed by atoms with E-state index < -0.39 is 17.6 Å². The van der Waals surface area contributed by atoms with Crippen molar-refractivity contribution in [3.63, 3.8) is 0 Å². The summed E-state index contributed by atoms with van der Waals surface area (Å²) < 4.78 is 51.1. The van der Waals surface area contributed by atoms with E-state index in [1.54, 1.807) is 0 Å². The Morgan fingerprint density at radius 1 is 1.20 bits per heavy atom. The topological polar surface area (TPSA) is 25.8 Å². The van der Waals surface area contributed by atoms with Crippen LogP contribution in [0.3, 0.4) is 0 Å². The first-order valence-electron chi connectivity index (χ1n) is 5.67. The molecule has 0 bridgehead atoms. The van der Waals surface area contributed by atoms with Crippen LogP contribution in [-0.2, 0) is 12.6 Å². The van der Waals surface area contributed by atoms with Crippen molar-refractivity contribution in [2.24, 2.45) is 0 Å². The smallest absolute Gasteiger partial charge is 0.206 e. The van der Waals surface area contributed by atoms with Crippen LogP contribution in [0.1, 0.15) is 17.0 Å². The highest BCUT2D eigenvalue weighted by Crippen LogP contribution is 2.35. The Morgan fingerprint density at radius 3 is 2.60 bits per heavy atom. The molecule has 2 aromatic rings. The zero-order valence-electron chi connectivity index (χ0n) is 10.0. The van der Waals surface area contributed by atoms with E-state index >= 15 is 0 Å². The Balaban J connectivity index is 2.31. The van der Waals surface area contributed by atoms with Gasteiger partial charge in [-0.2, -0.15) is 13.2 Å². The van der Waals surface area contributed by atoms with E-state index in [-0.39, 0.29) is 5.56 Å². The van der Waals surface area contributed by atoms with Crippen molar-refractivity contribution >= 4 is 22.9 Å². The zero-order valence-corrected chi connectivity index (χ0v) is 11.6. The number of alkyl halides is 4. The maximum atomic E-state index is 13.2. The van der Waals surface area contributed by atoms with Crippen molar-refractivity contribution in [3.8, 4) is 10.6 Å². The van der Waals surface area contributed by atoms with Crippen molar-refractivity contribution < 1.29 is 17.6 Å². The molecule has 0 saturated carbocycles. The molecule has 0 N–H and O–H groups in total. The Bertz CT molecular complexity index is 597. The molecule has 0 spiro atoms. The molecule has 1 aromatic carbocycles. The number of rotatable bonds is 4. The van der Waals surface area contributed by atoms with Crippen LogP contribution in [0.5, 0.6) is 0 Å². The molecule has 2 rings (SSSR count). The molecule has 20 heavy (non-hydrogen) atoms. The molecule has 8 heteroatoms. The monoisotopic (exact) mass is 324 g/mol. The molecule has 1 heterocycles. The van der Waals surface area contributed by atoms with E-state index in [0.717, 1.165) is 12.1 Å². The van der Waals surface area contributed by atoms with Gasteiger partial charge in [-0.1, -0.05) is 11.3 Å². The van der Waals surface area contributed by atoms with Gasteiger partial charge in [0.1, 0.15) is 15.8 Å². The maximum absolute atomic E-state index is 13.2. The molecule has 0 unspecified atom stereocenters. The van der Waals surface area contributed by atoms with Gasteiger partial charge in [-0.3, -0.25) is 0 Å². The molecular formula is C12H9ClF4N2S. The Kier molecular flexibility index (Phi) is 4.59. The van der Waals surface area contributed by atoms with Gasteiger partial charge in [-0.15, -0.1) is 21.8 Å². The zero-order chi connectivity index (χ0) is 14.8. The predicted molar refractivity (Wildman–Crippen MR) is 69.3 cm³/mol. The number of aryl methyl sites for hydroxylation is 1. The molecular weight excluding hydrogens is 316 g/mol. The quantitative estimate of drug-likeness (QED) is 0.610. The summed E-state index contributed by atoms with van der Waals surface area (Å²) in [5.41, 5.74) is -1.10. The van der Waals surface area contributed by atoms with Gasteiger partial charge < -0.3 is 0 Å². The van der Waals surface area contributed by atoms with Crippen molar-refractivity contribution in [3.05, 3.63) is 34.6 Å². The number of halogens is 5. The number of hydrogen-bond donors (Lipinski definition) is 0.